The molecule has 0 aliphatic carbocycles. The first-order valence-corrected chi connectivity index (χ1v) is 5.30. The Labute approximate surface area is 94.2 Å². The van der Waals surface area contributed by atoms with Crippen molar-refractivity contribution in [3.8, 4) is 6.07 Å². The van der Waals surface area contributed by atoms with Gasteiger partial charge in [0.2, 0.25) is 0 Å². The maximum atomic E-state index is 8.76. The molecule has 1 aromatic rings. The number of nitrogen functional groups attached to an aromatic ring is 1. The predicted molar refractivity (Wildman–Crippen MR) is 58.4 cm³/mol. The highest BCUT2D eigenvalue weighted by atomic mass is 16.5. The first-order valence-electron chi connectivity index (χ1n) is 5.30. The van der Waals surface area contributed by atoms with Gasteiger partial charge in [-0.15, -0.1) is 0 Å². The minimum atomic E-state index is -0.295. The number of rotatable bonds is 3. The van der Waals surface area contributed by atoms with Crippen molar-refractivity contribution in [2.75, 3.05) is 32.0 Å². The highest BCUT2D eigenvalue weighted by Gasteiger charge is 2.19. The standard InChI is InChI=1S/C10H15N5O/c11-7-9-8-14(5-6-16-9)3-4-15-2-1-10(12)13-15/h1-2,9H,3-6,8H2,(H2,12,13). The molecule has 0 spiro atoms. The highest BCUT2D eigenvalue weighted by molar-refractivity contribution is 5.23. The molecule has 1 fully saturated rings. The van der Waals surface area contributed by atoms with Crippen LogP contribution in [0.3, 0.4) is 0 Å². The molecular weight excluding hydrogens is 206 g/mol. The molecule has 1 unspecified atom stereocenters. The average molecular weight is 221 g/mol. The maximum Gasteiger partial charge on any atom is 0.156 e. The van der Waals surface area contributed by atoms with Crippen molar-refractivity contribution in [3.05, 3.63) is 12.3 Å². The van der Waals surface area contributed by atoms with Crippen LogP contribution in [0, 0.1) is 11.3 Å². The SMILES string of the molecule is N#CC1CN(CCn2ccc(N)n2)CCO1. The molecule has 2 heterocycles. The summed E-state index contributed by atoms with van der Waals surface area (Å²) in [5, 5.41) is 12.9. The third-order valence-corrected chi connectivity index (χ3v) is 2.60. The second-order valence-electron chi connectivity index (χ2n) is 3.79. The van der Waals surface area contributed by atoms with Gasteiger partial charge in [-0.05, 0) is 6.07 Å². The number of aromatic nitrogens is 2. The molecular formula is C10H15N5O. The molecule has 86 valence electrons. The first kappa shape index (κ1) is 10.9. The van der Waals surface area contributed by atoms with Crippen LogP contribution in [0.1, 0.15) is 0 Å². The van der Waals surface area contributed by atoms with Crippen LogP contribution in [0.25, 0.3) is 0 Å². The van der Waals surface area contributed by atoms with Crippen molar-refractivity contribution in [2.24, 2.45) is 0 Å². The lowest BCUT2D eigenvalue weighted by Gasteiger charge is -2.29. The maximum absolute atomic E-state index is 8.76. The lowest BCUT2D eigenvalue weighted by molar-refractivity contribution is -0.000847. The quantitative estimate of drug-likeness (QED) is 0.757. The van der Waals surface area contributed by atoms with E-state index in [2.05, 4.69) is 16.1 Å². The molecule has 2 rings (SSSR count). The molecule has 1 aliphatic rings. The van der Waals surface area contributed by atoms with Crippen LogP contribution in [0.15, 0.2) is 12.3 Å². The summed E-state index contributed by atoms with van der Waals surface area (Å²) in [7, 11) is 0. The van der Waals surface area contributed by atoms with E-state index < -0.39 is 0 Å². The number of ether oxygens (including phenoxy) is 1. The van der Waals surface area contributed by atoms with Crippen LogP contribution in [-0.2, 0) is 11.3 Å². The van der Waals surface area contributed by atoms with Gasteiger partial charge in [-0.1, -0.05) is 0 Å². The monoisotopic (exact) mass is 221 g/mol. The molecule has 0 saturated carbocycles. The topological polar surface area (TPSA) is 80.1 Å². The number of nitrogens with two attached hydrogens (primary N) is 1. The molecule has 0 aromatic carbocycles. The fraction of sp³-hybridized carbons (Fsp3) is 0.600. The van der Waals surface area contributed by atoms with Gasteiger partial charge in [0.05, 0.1) is 19.2 Å². The third-order valence-electron chi connectivity index (χ3n) is 2.60. The van der Waals surface area contributed by atoms with Crippen molar-refractivity contribution in [2.45, 2.75) is 12.6 Å². The van der Waals surface area contributed by atoms with Gasteiger partial charge >= 0.3 is 0 Å². The Kier molecular flexibility index (Phi) is 3.39. The molecule has 0 amide bonds. The summed E-state index contributed by atoms with van der Waals surface area (Å²) in [4.78, 5) is 2.20. The van der Waals surface area contributed by atoms with E-state index in [0.29, 0.717) is 19.0 Å². The molecule has 0 radical (unpaired) electrons. The summed E-state index contributed by atoms with van der Waals surface area (Å²) in [5.41, 5.74) is 5.52. The van der Waals surface area contributed by atoms with E-state index in [-0.39, 0.29) is 6.10 Å². The highest BCUT2D eigenvalue weighted by Crippen LogP contribution is 2.04. The van der Waals surface area contributed by atoms with E-state index >= 15 is 0 Å². The van der Waals surface area contributed by atoms with Crippen LogP contribution >= 0.6 is 0 Å². The van der Waals surface area contributed by atoms with Crippen LogP contribution in [0.4, 0.5) is 5.82 Å². The summed E-state index contributed by atoms with van der Waals surface area (Å²) in [6.45, 7) is 3.82. The van der Waals surface area contributed by atoms with Gasteiger partial charge < -0.3 is 10.5 Å². The minimum absolute atomic E-state index is 0.295. The minimum Gasteiger partial charge on any atom is -0.382 e. The normalized spacial score (nSPS) is 21.8. The summed E-state index contributed by atoms with van der Waals surface area (Å²) in [6, 6.07) is 3.91. The molecule has 6 heteroatoms. The van der Waals surface area contributed by atoms with Crippen molar-refractivity contribution in [1.29, 1.82) is 5.26 Å². The molecule has 1 atom stereocenters. The summed E-state index contributed by atoms with van der Waals surface area (Å²) in [6.07, 6.45) is 1.56. The molecule has 1 aliphatic heterocycles. The Hall–Kier alpha value is -1.58. The van der Waals surface area contributed by atoms with Crippen molar-refractivity contribution in [1.82, 2.24) is 14.7 Å². The number of morpholine rings is 1. The van der Waals surface area contributed by atoms with E-state index in [4.69, 9.17) is 15.7 Å². The summed E-state index contributed by atoms with van der Waals surface area (Å²) < 4.78 is 7.08. The second kappa shape index (κ2) is 4.96. The van der Waals surface area contributed by atoms with Gasteiger partial charge in [0, 0.05) is 25.8 Å². The van der Waals surface area contributed by atoms with E-state index in [1.807, 2.05) is 10.9 Å². The smallest absolute Gasteiger partial charge is 0.156 e. The molecule has 1 saturated heterocycles. The zero-order chi connectivity index (χ0) is 11.4. The van der Waals surface area contributed by atoms with Crippen molar-refractivity contribution >= 4 is 5.82 Å². The number of nitriles is 1. The first-order chi connectivity index (χ1) is 7.78. The number of nitrogens with zero attached hydrogens (tertiary/aromatic N) is 4. The van der Waals surface area contributed by atoms with Gasteiger partial charge in [0.1, 0.15) is 5.82 Å². The Morgan fingerprint density at radius 1 is 1.62 bits per heavy atom. The average Bonchev–Trinajstić information content (AvgIpc) is 2.73. The van der Waals surface area contributed by atoms with Crippen molar-refractivity contribution in [3.63, 3.8) is 0 Å². The van der Waals surface area contributed by atoms with Crippen LogP contribution in [0.2, 0.25) is 0 Å². The van der Waals surface area contributed by atoms with Gasteiger partial charge in [-0.2, -0.15) is 10.4 Å². The fourth-order valence-electron chi connectivity index (χ4n) is 1.73. The number of hydrogen-bond donors (Lipinski definition) is 1. The molecule has 6 nitrogen and oxygen atoms in total. The molecule has 0 bridgehead atoms. The second-order valence-corrected chi connectivity index (χ2v) is 3.79. The third kappa shape index (κ3) is 2.72. The van der Waals surface area contributed by atoms with Gasteiger partial charge in [0.25, 0.3) is 0 Å². The lowest BCUT2D eigenvalue weighted by atomic mass is 10.3. The predicted octanol–water partition coefficient (Wildman–Crippen LogP) is -0.310. The Morgan fingerprint density at radius 2 is 2.50 bits per heavy atom. The van der Waals surface area contributed by atoms with Crippen LogP contribution < -0.4 is 5.73 Å². The number of anilines is 1. The largest absolute Gasteiger partial charge is 0.382 e. The van der Waals surface area contributed by atoms with Gasteiger partial charge in [-0.3, -0.25) is 9.58 Å². The van der Waals surface area contributed by atoms with Gasteiger partial charge in [0.15, 0.2) is 6.10 Å². The van der Waals surface area contributed by atoms with Crippen LogP contribution in [-0.4, -0.2) is 47.0 Å². The summed E-state index contributed by atoms with van der Waals surface area (Å²) >= 11 is 0. The van der Waals surface area contributed by atoms with Gasteiger partial charge in [-0.25, -0.2) is 0 Å². The zero-order valence-corrected chi connectivity index (χ0v) is 9.04. The Balaban J connectivity index is 1.80. The molecule has 1 aromatic heterocycles. The summed E-state index contributed by atoms with van der Waals surface area (Å²) in [5.74, 6) is 0.539. The van der Waals surface area contributed by atoms with E-state index in [0.717, 1.165) is 19.6 Å². The number of hydrogen-bond acceptors (Lipinski definition) is 5. The fourth-order valence-corrected chi connectivity index (χ4v) is 1.73. The van der Waals surface area contributed by atoms with Crippen molar-refractivity contribution < 1.29 is 4.74 Å². The van der Waals surface area contributed by atoms with E-state index in [9.17, 15) is 0 Å². The Morgan fingerprint density at radius 3 is 3.19 bits per heavy atom. The Bertz CT molecular complexity index is 383. The lowest BCUT2D eigenvalue weighted by Crippen LogP contribution is -2.43. The zero-order valence-electron chi connectivity index (χ0n) is 9.04. The van der Waals surface area contributed by atoms with Crippen LogP contribution in [0.5, 0.6) is 0 Å². The molecule has 16 heavy (non-hydrogen) atoms. The van der Waals surface area contributed by atoms with E-state index in [1.54, 1.807) is 6.07 Å². The molecule has 2 N–H and O–H groups in total. The van der Waals surface area contributed by atoms with E-state index in [1.165, 1.54) is 0 Å².